The minimum atomic E-state index is -0.260. The number of para-hydroxylation sites is 1. The van der Waals surface area contributed by atoms with E-state index in [2.05, 4.69) is 10.3 Å². The van der Waals surface area contributed by atoms with Crippen molar-refractivity contribution in [2.24, 2.45) is 0 Å². The summed E-state index contributed by atoms with van der Waals surface area (Å²) < 4.78 is 0. The van der Waals surface area contributed by atoms with Gasteiger partial charge >= 0.3 is 0 Å². The van der Waals surface area contributed by atoms with Crippen LogP contribution in [0.5, 0.6) is 0 Å². The van der Waals surface area contributed by atoms with E-state index in [0.717, 1.165) is 22.4 Å². The lowest BCUT2D eigenvalue weighted by Gasteiger charge is -2.24. The van der Waals surface area contributed by atoms with Gasteiger partial charge in [-0.05, 0) is 50.6 Å². The number of amides is 1. The van der Waals surface area contributed by atoms with E-state index >= 15 is 0 Å². The fourth-order valence-electron chi connectivity index (χ4n) is 2.36. The Balaban J connectivity index is 2.02. The fourth-order valence-corrected chi connectivity index (χ4v) is 2.48. The molecule has 0 bridgehead atoms. The molecule has 0 saturated carbocycles. The predicted molar refractivity (Wildman–Crippen MR) is 94.7 cm³/mol. The molecule has 5 heteroatoms. The maximum atomic E-state index is 12.5. The van der Waals surface area contributed by atoms with Crippen molar-refractivity contribution >= 4 is 23.2 Å². The van der Waals surface area contributed by atoms with E-state index in [9.17, 15) is 4.79 Å². The molecule has 4 nitrogen and oxygen atoms in total. The van der Waals surface area contributed by atoms with Crippen LogP contribution >= 0.6 is 11.6 Å². The van der Waals surface area contributed by atoms with Crippen LogP contribution < -0.4 is 5.32 Å². The first-order valence-electron chi connectivity index (χ1n) is 7.56. The molecule has 0 spiro atoms. The Morgan fingerprint density at radius 1 is 1.26 bits per heavy atom. The highest BCUT2D eigenvalue weighted by molar-refractivity contribution is 6.29. The summed E-state index contributed by atoms with van der Waals surface area (Å²) in [7, 11) is 1.92. The van der Waals surface area contributed by atoms with E-state index in [1.807, 2.05) is 57.0 Å². The molecule has 1 heterocycles. The Labute approximate surface area is 142 Å². The molecule has 2 aromatic rings. The molecule has 2 rings (SSSR count). The molecule has 1 amide bonds. The largest absolute Gasteiger partial charge is 0.324 e. The number of hydrogen-bond acceptors (Lipinski definition) is 3. The maximum Gasteiger partial charge on any atom is 0.241 e. The first-order valence-corrected chi connectivity index (χ1v) is 7.94. The van der Waals surface area contributed by atoms with Gasteiger partial charge in [-0.15, -0.1) is 0 Å². The molecular weight excluding hydrogens is 310 g/mol. The third-order valence-corrected chi connectivity index (χ3v) is 4.21. The number of anilines is 1. The molecule has 1 aromatic carbocycles. The number of benzene rings is 1. The summed E-state index contributed by atoms with van der Waals surface area (Å²) in [5, 5.41) is 3.51. The van der Waals surface area contributed by atoms with E-state index in [1.165, 1.54) is 0 Å². The third-order valence-electron chi connectivity index (χ3n) is 3.99. The topological polar surface area (TPSA) is 45.2 Å². The van der Waals surface area contributed by atoms with Crippen molar-refractivity contribution in [1.29, 1.82) is 0 Å². The average molecular weight is 332 g/mol. The van der Waals surface area contributed by atoms with Crippen molar-refractivity contribution in [3.05, 3.63) is 58.4 Å². The molecular formula is C18H22ClN3O. The SMILES string of the molecule is Cc1cccc(C)c1NC(=O)[C@@H](C)N(C)Cc1ccc(Cl)nc1. The first-order chi connectivity index (χ1) is 10.9. The molecule has 1 N–H and O–H groups in total. The Kier molecular flexibility index (Phi) is 5.74. The summed E-state index contributed by atoms with van der Waals surface area (Å²) in [6, 6.07) is 9.40. The number of likely N-dealkylation sites (N-methyl/N-ethyl adjacent to an activating group) is 1. The molecule has 0 radical (unpaired) electrons. The zero-order chi connectivity index (χ0) is 17.0. The van der Waals surface area contributed by atoms with E-state index in [4.69, 9.17) is 11.6 Å². The normalized spacial score (nSPS) is 12.3. The summed E-state index contributed by atoms with van der Waals surface area (Å²) in [6.07, 6.45) is 1.73. The lowest BCUT2D eigenvalue weighted by molar-refractivity contribution is -0.120. The van der Waals surface area contributed by atoms with Crippen LogP contribution in [0.4, 0.5) is 5.69 Å². The fraction of sp³-hybridized carbons (Fsp3) is 0.333. The number of nitrogens with one attached hydrogen (secondary N) is 1. The van der Waals surface area contributed by atoms with Crippen molar-refractivity contribution in [3.63, 3.8) is 0 Å². The van der Waals surface area contributed by atoms with Crippen molar-refractivity contribution in [2.75, 3.05) is 12.4 Å². The van der Waals surface area contributed by atoms with Gasteiger partial charge in [0.05, 0.1) is 6.04 Å². The molecule has 1 aromatic heterocycles. The van der Waals surface area contributed by atoms with Crippen molar-refractivity contribution in [2.45, 2.75) is 33.4 Å². The number of aryl methyl sites for hydroxylation is 2. The smallest absolute Gasteiger partial charge is 0.241 e. The number of halogens is 1. The van der Waals surface area contributed by atoms with Crippen LogP contribution in [0.25, 0.3) is 0 Å². The molecule has 23 heavy (non-hydrogen) atoms. The van der Waals surface area contributed by atoms with Gasteiger partial charge < -0.3 is 5.32 Å². The Hall–Kier alpha value is -1.91. The lowest BCUT2D eigenvalue weighted by Crippen LogP contribution is -2.39. The first kappa shape index (κ1) is 17.4. The Bertz CT molecular complexity index is 665. The number of carbonyl (C=O) groups excluding carboxylic acids is 1. The van der Waals surface area contributed by atoms with Gasteiger partial charge in [0.25, 0.3) is 0 Å². The number of rotatable bonds is 5. The number of nitrogens with zero attached hydrogens (tertiary/aromatic N) is 2. The second-order valence-electron chi connectivity index (χ2n) is 5.84. The summed E-state index contributed by atoms with van der Waals surface area (Å²) in [5.41, 5.74) is 4.04. The van der Waals surface area contributed by atoms with Gasteiger partial charge in [-0.3, -0.25) is 9.69 Å². The van der Waals surface area contributed by atoms with Crippen molar-refractivity contribution < 1.29 is 4.79 Å². The van der Waals surface area contributed by atoms with Crippen molar-refractivity contribution in [3.8, 4) is 0 Å². The Morgan fingerprint density at radius 2 is 1.91 bits per heavy atom. The van der Waals surface area contributed by atoms with Gasteiger partial charge in [0.15, 0.2) is 0 Å². The highest BCUT2D eigenvalue weighted by atomic mass is 35.5. The van der Waals surface area contributed by atoms with E-state index < -0.39 is 0 Å². The Morgan fingerprint density at radius 3 is 2.48 bits per heavy atom. The van der Waals surface area contributed by atoms with Crippen LogP contribution in [0.1, 0.15) is 23.6 Å². The highest BCUT2D eigenvalue weighted by Gasteiger charge is 2.19. The second-order valence-corrected chi connectivity index (χ2v) is 6.22. The third kappa shape index (κ3) is 4.53. The molecule has 1 atom stereocenters. The number of carbonyl (C=O) groups is 1. The van der Waals surface area contributed by atoms with Crippen LogP contribution in [-0.4, -0.2) is 28.9 Å². The van der Waals surface area contributed by atoms with E-state index in [0.29, 0.717) is 11.7 Å². The number of pyridine rings is 1. The highest BCUT2D eigenvalue weighted by Crippen LogP contribution is 2.20. The zero-order valence-electron chi connectivity index (χ0n) is 13.9. The van der Waals surface area contributed by atoms with E-state index in [-0.39, 0.29) is 11.9 Å². The molecule has 0 unspecified atom stereocenters. The van der Waals surface area contributed by atoms with Crippen LogP contribution in [-0.2, 0) is 11.3 Å². The van der Waals surface area contributed by atoms with Crippen LogP contribution in [0.3, 0.4) is 0 Å². The molecule has 122 valence electrons. The second kappa shape index (κ2) is 7.57. The van der Waals surface area contributed by atoms with Gasteiger partial charge in [-0.25, -0.2) is 4.98 Å². The van der Waals surface area contributed by atoms with Crippen LogP contribution in [0.2, 0.25) is 5.15 Å². The van der Waals surface area contributed by atoms with Crippen molar-refractivity contribution in [1.82, 2.24) is 9.88 Å². The summed E-state index contributed by atoms with van der Waals surface area (Å²) in [6.45, 7) is 6.52. The standard InChI is InChI=1S/C18H22ClN3O/c1-12-6-5-7-13(2)17(12)21-18(23)14(3)22(4)11-15-8-9-16(19)20-10-15/h5-10,14H,11H2,1-4H3,(H,21,23)/t14-/m1/s1. The molecule has 0 fully saturated rings. The summed E-state index contributed by atoms with van der Waals surface area (Å²) in [5.74, 6) is -0.0215. The average Bonchev–Trinajstić information content (AvgIpc) is 2.52. The minimum absolute atomic E-state index is 0.0215. The predicted octanol–water partition coefficient (Wildman–Crippen LogP) is 3.81. The number of hydrogen-bond donors (Lipinski definition) is 1. The quantitative estimate of drug-likeness (QED) is 0.847. The van der Waals surface area contributed by atoms with Crippen LogP contribution in [0.15, 0.2) is 36.5 Å². The molecule has 0 aliphatic carbocycles. The van der Waals surface area contributed by atoms with Gasteiger partial charge in [-0.1, -0.05) is 35.9 Å². The van der Waals surface area contributed by atoms with Gasteiger partial charge in [0.2, 0.25) is 5.91 Å². The molecule has 0 aliphatic rings. The minimum Gasteiger partial charge on any atom is -0.324 e. The van der Waals surface area contributed by atoms with Gasteiger partial charge in [0.1, 0.15) is 5.15 Å². The lowest BCUT2D eigenvalue weighted by atomic mass is 10.1. The van der Waals surface area contributed by atoms with Crippen LogP contribution in [0, 0.1) is 13.8 Å². The zero-order valence-corrected chi connectivity index (χ0v) is 14.7. The van der Waals surface area contributed by atoms with Gasteiger partial charge in [0, 0.05) is 18.4 Å². The monoisotopic (exact) mass is 331 g/mol. The van der Waals surface area contributed by atoms with Gasteiger partial charge in [-0.2, -0.15) is 0 Å². The summed E-state index contributed by atoms with van der Waals surface area (Å²) in [4.78, 5) is 18.6. The number of aromatic nitrogens is 1. The van der Waals surface area contributed by atoms with E-state index in [1.54, 1.807) is 12.3 Å². The molecule has 0 saturated heterocycles. The molecule has 0 aliphatic heterocycles. The maximum absolute atomic E-state index is 12.5. The summed E-state index contributed by atoms with van der Waals surface area (Å²) >= 11 is 5.79.